The van der Waals surface area contributed by atoms with Crippen molar-refractivity contribution in [3.05, 3.63) is 54.4 Å². The summed E-state index contributed by atoms with van der Waals surface area (Å²) in [6.07, 6.45) is 13.0. The van der Waals surface area contributed by atoms with Crippen molar-refractivity contribution in [1.82, 2.24) is 14.9 Å². The van der Waals surface area contributed by atoms with Crippen LogP contribution in [0.15, 0.2) is 48.8 Å². The lowest BCUT2D eigenvalue weighted by atomic mass is 9.87. The van der Waals surface area contributed by atoms with Crippen LogP contribution in [0.1, 0.15) is 56.9 Å². The summed E-state index contributed by atoms with van der Waals surface area (Å²) < 4.78 is 0. The molecule has 188 valence electrons. The van der Waals surface area contributed by atoms with E-state index >= 15 is 0 Å². The van der Waals surface area contributed by atoms with Crippen LogP contribution < -0.4 is 10.6 Å². The van der Waals surface area contributed by atoms with Gasteiger partial charge in [0.15, 0.2) is 0 Å². The van der Waals surface area contributed by atoms with E-state index in [0.717, 1.165) is 35.5 Å². The van der Waals surface area contributed by atoms with E-state index in [0.29, 0.717) is 17.9 Å². The van der Waals surface area contributed by atoms with Gasteiger partial charge in [-0.1, -0.05) is 63.0 Å². The van der Waals surface area contributed by atoms with E-state index in [9.17, 15) is 4.79 Å². The number of amides is 1. The lowest BCUT2D eigenvalue weighted by Crippen LogP contribution is -2.12. The first-order chi connectivity index (χ1) is 17.6. The van der Waals surface area contributed by atoms with Crippen LogP contribution in [-0.4, -0.2) is 41.4 Å². The molecule has 0 spiro atoms. The maximum Gasteiger partial charge on any atom is 0.300 e. The normalized spacial score (nSPS) is 14.5. The van der Waals surface area contributed by atoms with E-state index < -0.39 is 0 Å². The quantitative estimate of drug-likeness (QED) is 0.393. The summed E-state index contributed by atoms with van der Waals surface area (Å²) >= 11 is 0. The molecule has 0 aliphatic heterocycles. The number of aromatic nitrogens is 2. The Hall–Kier alpha value is -3.43. The number of nitrogens with zero attached hydrogens (tertiary/aromatic N) is 3. The van der Waals surface area contributed by atoms with Crippen LogP contribution in [0.3, 0.4) is 0 Å². The Morgan fingerprint density at radius 1 is 0.972 bits per heavy atom. The van der Waals surface area contributed by atoms with E-state index in [1.54, 1.807) is 6.33 Å². The van der Waals surface area contributed by atoms with Crippen molar-refractivity contribution < 1.29 is 4.79 Å². The number of rotatable bonds is 7. The van der Waals surface area contributed by atoms with Crippen LogP contribution in [0.2, 0.25) is 0 Å². The van der Waals surface area contributed by atoms with Gasteiger partial charge in [-0.05, 0) is 68.2 Å². The smallest absolute Gasteiger partial charge is 0.300 e. The maximum absolute atomic E-state index is 12.2. The number of hydrogen-bond acceptors (Lipinski definition) is 5. The molecule has 3 aromatic rings. The third-order valence-corrected chi connectivity index (χ3v) is 6.74. The van der Waals surface area contributed by atoms with Crippen LogP contribution in [0.5, 0.6) is 0 Å². The van der Waals surface area contributed by atoms with Gasteiger partial charge in [-0.2, -0.15) is 0 Å². The van der Waals surface area contributed by atoms with E-state index in [2.05, 4.69) is 56.7 Å². The lowest BCUT2D eigenvalue weighted by molar-refractivity contribution is -0.111. The number of anilines is 3. The summed E-state index contributed by atoms with van der Waals surface area (Å²) in [5.41, 5.74) is 3.86. The third-order valence-electron chi connectivity index (χ3n) is 6.74. The molecular formula is C30H37N5O. The monoisotopic (exact) mass is 483 g/mol. The van der Waals surface area contributed by atoms with Gasteiger partial charge in [0.2, 0.25) is 0 Å². The zero-order valence-corrected chi connectivity index (χ0v) is 21.5. The second-order valence-corrected chi connectivity index (χ2v) is 10.0. The molecule has 1 amide bonds. The minimum absolute atomic E-state index is 0.320. The van der Waals surface area contributed by atoms with Gasteiger partial charge < -0.3 is 15.5 Å². The van der Waals surface area contributed by atoms with Gasteiger partial charge in [0.25, 0.3) is 5.91 Å². The fraction of sp³-hybridized carbons (Fsp3) is 0.433. The first-order valence-electron chi connectivity index (χ1n) is 13.1. The summed E-state index contributed by atoms with van der Waals surface area (Å²) in [6, 6.07) is 14.3. The SMILES string of the molecule is CN(C)CCC#CC(=O)Nc1ccc2ncnc(Nc3ccc(CC4CCCCCCC4)cc3)c2c1. The van der Waals surface area contributed by atoms with E-state index in [4.69, 9.17) is 0 Å². The molecule has 2 N–H and O–H groups in total. The second kappa shape index (κ2) is 13.0. The zero-order valence-electron chi connectivity index (χ0n) is 21.5. The molecule has 4 rings (SSSR count). The van der Waals surface area contributed by atoms with Gasteiger partial charge >= 0.3 is 0 Å². The van der Waals surface area contributed by atoms with Crippen LogP contribution in [0, 0.1) is 17.8 Å². The van der Waals surface area contributed by atoms with Crippen molar-refractivity contribution in [3.8, 4) is 11.8 Å². The highest BCUT2D eigenvalue weighted by Crippen LogP contribution is 2.28. The Balaban J connectivity index is 1.41. The molecule has 6 heteroatoms. The fourth-order valence-corrected chi connectivity index (χ4v) is 4.76. The number of fused-ring (bicyclic) bond motifs is 1. The van der Waals surface area contributed by atoms with E-state index in [1.165, 1.54) is 50.5 Å². The number of carbonyl (C=O) groups is 1. The zero-order chi connectivity index (χ0) is 25.2. The Bertz CT molecular complexity index is 1200. The molecule has 2 aromatic carbocycles. The van der Waals surface area contributed by atoms with Crippen molar-refractivity contribution >= 4 is 34.0 Å². The molecule has 0 atom stereocenters. The number of benzene rings is 2. The van der Waals surface area contributed by atoms with Crippen molar-refractivity contribution in [2.45, 2.75) is 57.8 Å². The van der Waals surface area contributed by atoms with Gasteiger partial charge in [0, 0.05) is 29.7 Å². The van der Waals surface area contributed by atoms with Gasteiger partial charge in [0.05, 0.1) is 5.52 Å². The highest BCUT2D eigenvalue weighted by Gasteiger charge is 2.12. The molecule has 0 bridgehead atoms. The average molecular weight is 484 g/mol. The van der Waals surface area contributed by atoms with Gasteiger partial charge in [0.1, 0.15) is 12.1 Å². The minimum Gasteiger partial charge on any atom is -0.340 e. The number of carbonyl (C=O) groups excluding carboxylic acids is 1. The average Bonchev–Trinajstić information content (AvgIpc) is 2.85. The lowest BCUT2D eigenvalue weighted by Gasteiger charge is -2.19. The number of nitrogens with one attached hydrogen (secondary N) is 2. The Morgan fingerprint density at radius 2 is 1.69 bits per heavy atom. The second-order valence-electron chi connectivity index (χ2n) is 10.0. The topological polar surface area (TPSA) is 70.2 Å². The molecular weight excluding hydrogens is 446 g/mol. The molecule has 1 aromatic heterocycles. The van der Waals surface area contributed by atoms with Crippen molar-refractivity contribution in [2.75, 3.05) is 31.3 Å². The van der Waals surface area contributed by atoms with Gasteiger partial charge in [-0.3, -0.25) is 4.79 Å². The molecule has 6 nitrogen and oxygen atoms in total. The van der Waals surface area contributed by atoms with Crippen LogP contribution >= 0.6 is 0 Å². The van der Waals surface area contributed by atoms with E-state index in [-0.39, 0.29) is 5.91 Å². The molecule has 1 heterocycles. The highest BCUT2D eigenvalue weighted by molar-refractivity contribution is 6.05. The van der Waals surface area contributed by atoms with Gasteiger partial charge in [-0.15, -0.1) is 0 Å². The maximum atomic E-state index is 12.2. The largest absolute Gasteiger partial charge is 0.340 e. The predicted octanol–water partition coefficient (Wildman–Crippen LogP) is 6.17. The summed E-state index contributed by atoms with van der Waals surface area (Å²) in [6.45, 7) is 0.824. The van der Waals surface area contributed by atoms with Crippen LogP contribution in [0.25, 0.3) is 10.9 Å². The molecule has 0 radical (unpaired) electrons. The first-order valence-corrected chi connectivity index (χ1v) is 13.1. The minimum atomic E-state index is -0.320. The third kappa shape index (κ3) is 7.79. The van der Waals surface area contributed by atoms with Crippen molar-refractivity contribution in [2.24, 2.45) is 5.92 Å². The van der Waals surface area contributed by atoms with Crippen LogP contribution in [-0.2, 0) is 11.2 Å². The fourth-order valence-electron chi connectivity index (χ4n) is 4.76. The first kappa shape index (κ1) is 25.7. The highest BCUT2D eigenvalue weighted by atomic mass is 16.1. The molecule has 36 heavy (non-hydrogen) atoms. The molecule has 0 unspecified atom stereocenters. The molecule has 1 aliphatic carbocycles. The molecule has 1 fully saturated rings. The van der Waals surface area contributed by atoms with Crippen LogP contribution in [0.4, 0.5) is 17.2 Å². The Labute approximate surface area is 214 Å². The Morgan fingerprint density at radius 3 is 2.44 bits per heavy atom. The van der Waals surface area contributed by atoms with Crippen molar-refractivity contribution in [1.29, 1.82) is 0 Å². The van der Waals surface area contributed by atoms with Crippen molar-refractivity contribution in [3.63, 3.8) is 0 Å². The molecule has 1 aliphatic rings. The summed E-state index contributed by atoms with van der Waals surface area (Å²) in [5.74, 6) is 6.77. The molecule has 0 saturated heterocycles. The Kier molecular flexibility index (Phi) is 9.29. The molecule has 1 saturated carbocycles. The summed E-state index contributed by atoms with van der Waals surface area (Å²) in [7, 11) is 3.97. The standard InChI is InChI=1S/C30H37N5O/c1-35(2)19-9-8-12-29(36)33-26-17-18-28-27(21-26)30(32-22-31-28)34-25-15-13-24(14-16-25)20-23-10-6-4-3-5-7-11-23/h13-18,21-23H,3-7,9-11,19-20H2,1-2H3,(H,33,36)(H,31,32,34). The van der Waals surface area contributed by atoms with Gasteiger partial charge in [-0.25, -0.2) is 9.97 Å². The predicted molar refractivity (Wildman–Crippen MR) is 148 cm³/mol. The summed E-state index contributed by atoms with van der Waals surface area (Å²) in [4.78, 5) is 23.1. The number of hydrogen-bond donors (Lipinski definition) is 2. The van der Waals surface area contributed by atoms with E-state index in [1.807, 2.05) is 37.2 Å². The summed E-state index contributed by atoms with van der Waals surface area (Å²) in [5, 5.41) is 7.13.